The normalized spacial score (nSPS) is 11.8. The third kappa shape index (κ3) is 7.09. The van der Waals surface area contributed by atoms with Crippen molar-refractivity contribution in [1.82, 2.24) is 20.0 Å². The maximum Gasteiger partial charge on any atom is 0.194 e. The molecule has 0 unspecified atom stereocenters. The van der Waals surface area contributed by atoms with Gasteiger partial charge in [0, 0.05) is 46.1 Å². The first-order chi connectivity index (χ1) is 13.9. The molecule has 0 aliphatic rings. The monoisotopic (exact) mass is 401 g/mol. The van der Waals surface area contributed by atoms with Gasteiger partial charge in [0.05, 0.1) is 18.8 Å². The Balaban J connectivity index is 2.03. The summed E-state index contributed by atoms with van der Waals surface area (Å²) in [4.78, 5) is 6.96. The first kappa shape index (κ1) is 22.7. The molecular weight excluding hydrogens is 366 g/mol. The molecule has 2 aromatic rings. The Morgan fingerprint density at radius 2 is 1.97 bits per heavy atom. The lowest BCUT2D eigenvalue weighted by Gasteiger charge is -2.22. The van der Waals surface area contributed by atoms with Gasteiger partial charge in [-0.15, -0.1) is 0 Å². The van der Waals surface area contributed by atoms with E-state index in [4.69, 9.17) is 14.5 Å². The van der Waals surface area contributed by atoms with Gasteiger partial charge in [0.25, 0.3) is 0 Å². The molecule has 160 valence electrons. The van der Waals surface area contributed by atoms with Crippen molar-refractivity contribution in [3.05, 3.63) is 47.3 Å². The van der Waals surface area contributed by atoms with E-state index in [-0.39, 0.29) is 0 Å². The molecule has 1 aromatic carbocycles. The number of ether oxygens (including phenoxy) is 2. The van der Waals surface area contributed by atoms with Gasteiger partial charge in [0.1, 0.15) is 12.4 Å². The van der Waals surface area contributed by atoms with Crippen LogP contribution in [-0.4, -0.2) is 54.6 Å². The van der Waals surface area contributed by atoms with Gasteiger partial charge >= 0.3 is 0 Å². The first-order valence-electron chi connectivity index (χ1n) is 10.2. The second kappa shape index (κ2) is 11.5. The second-order valence-corrected chi connectivity index (χ2v) is 7.38. The minimum atomic E-state index is 0.392. The van der Waals surface area contributed by atoms with Crippen LogP contribution >= 0.6 is 0 Å². The van der Waals surface area contributed by atoms with Gasteiger partial charge in [-0.25, -0.2) is 4.99 Å². The van der Waals surface area contributed by atoms with Crippen molar-refractivity contribution >= 4 is 5.96 Å². The standard InChI is InChI=1S/C22H35N5O2/c1-7-23-22(26(4)15-19-16-27(5)25-21(19)17(2)3)24-14-18-8-10-20(11-9-18)29-13-12-28-6/h8-11,16-17H,7,12-15H2,1-6H3,(H,23,24). The van der Waals surface area contributed by atoms with Gasteiger partial charge < -0.3 is 19.7 Å². The van der Waals surface area contributed by atoms with Crippen LogP contribution in [0.3, 0.4) is 0 Å². The van der Waals surface area contributed by atoms with Gasteiger partial charge in [-0.1, -0.05) is 26.0 Å². The van der Waals surface area contributed by atoms with Crippen LogP contribution < -0.4 is 10.1 Å². The molecular formula is C22H35N5O2. The number of methoxy groups -OCH3 is 1. The fourth-order valence-corrected chi connectivity index (χ4v) is 3.06. The number of nitrogens with zero attached hydrogens (tertiary/aromatic N) is 4. The van der Waals surface area contributed by atoms with Crippen LogP contribution in [0.1, 0.15) is 43.5 Å². The quantitative estimate of drug-likeness (QED) is 0.376. The highest BCUT2D eigenvalue weighted by molar-refractivity contribution is 5.79. The van der Waals surface area contributed by atoms with Crippen LogP contribution in [0.25, 0.3) is 0 Å². The Morgan fingerprint density at radius 1 is 1.24 bits per heavy atom. The average molecular weight is 402 g/mol. The van der Waals surface area contributed by atoms with Crippen molar-refractivity contribution in [1.29, 1.82) is 0 Å². The Kier molecular flexibility index (Phi) is 8.99. The summed E-state index contributed by atoms with van der Waals surface area (Å²) < 4.78 is 12.5. The van der Waals surface area contributed by atoms with E-state index in [0.717, 1.165) is 36.1 Å². The van der Waals surface area contributed by atoms with E-state index in [1.54, 1.807) is 7.11 Å². The number of benzene rings is 1. The lowest BCUT2D eigenvalue weighted by molar-refractivity contribution is 0.146. The summed E-state index contributed by atoms with van der Waals surface area (Å²) in [5, 5.41) is 7.99. The maximum atomic E-state index is 5.61. The minimum absolute atomic E-state index is 0.392. The van der Waals surface area contributed by atoms with Crippen molar-refractivity contribution < 1.29 is 9.47 Å². The zero-order valence-corrected chi connectivity index (χ0v) is 18.6. The first-order valence-corrected chi connectivity index (χ1v) is 10.2. The van der Waals surface area contributed by atoms with Crippen molar-refractivity contribution in [2.75, 3.05) is 33.9 Å². The van der Waals surface area contributed by atoms with Crippen molar-refractivity contribution in [3.8, 4) is 5.75 Å². The number of aliphatic imine (C=N–C) groups is 1. The van der Waals surface area contributed by atoms with E-state index in [0.29, 0.717) is 25.7 Å². The molecule has 0 aliphatic carbocycles. The van der Waals surface area contributed by atoms with Gasteiger partial charge in [-0.05, 0) is 30.5 Å². The fourth-order valence-electron chi connectivity index (χ4n) is 3.06. The molecule has 0 aliphatic heterocycles. The molecule has 1 heterocycles. The van der Waals surface area contributed by atoms with Gasteiger partial charge in [0.15, 0.2) is 5.96 Å². The predicted molar refractivity (Wildman–Crippen MR) is 117 cm³/mol. The van der Waals surface area contributed by atoms with E-state index in [1.165, 1.54) is 5.56 Å². The van der Waals surface area contributed by atoms with E-state index in [2.05, 4.69) is 49.3 Å². The lowest BCUT2D eigenvalue weighted by atomic mass is 10.1. The molecule has 1 aromatic heterocycles. The second-order valence-electron chi connectivity index (χ2n) is 7.38. The molecule has 7 heteroatoms. The number of hydrogen-bond donors (Lipinski definition) is 1. The SMILES string of the molecule is CCNC(=NCc1ccc(OCCOC)cc1)N(C)Cc1cn(C)nc1C(C)C. The molecule has 0 amide bonds. The molecule has 0 spiro atoms. The summed E-state index contributed by atoms with van der Waals surface area (Å²) >= 11 is 0. The lowest BCUT2D eigenvalue weighted by Crippen LogP contribution is -2.38. The predicted octanol–water partition coefficient (Wildman–Crippen LogP) is 3.17. The summed E-state index contributed by atoms with van der Waals surface area (Å²) in [6.45, 7) is 9.75. The summed E-state index contributed by atoms with van der Waals surface area (Å²) in [7, 11) is 5.70. The van der Waals surface area contributed by atoms with Crippen LogP contribution in [-0.2, 0) is 24.9 Å². The highest BCUT2D eigenvalue weighted by Crippen LogP contribution is 2.19. The Hall–Kier alpha value is -2.54. The molecule has 0 saturated heterocycles. The van der Waals surface area contributed by atoms with Gasteiger partial charge in [0.2, 0.25) is 0 Å². The van der Waals surface area contributed by atoms with E-state index in [9.17, 15) is 0 Å². The maximum absolute atomic E-state index is 5.61. The van der Waals surface area contributed by atoms with Crippen molar-refractivity contribution in [2.24, 2.45) is 12.0 Å². The Bertz CT molecular complexity index is 768. The Labute approximate surface area is 174 Å². The molecule has 7 nitrogen and oxygen atoms in total. The number of aromatic nitrogens is 2. The van der Waals surface area contributed by atoms with Crippen molar-refractivity contribution in [2.45, 2.75) is 39.8 Å². The zero-order chi connectivity index (χ0) is 21.2. The third-order valence-electron chi connectivity index (χ3n) is 4.48. The number of aryl methyl sites for hydroxylation is 1. The fraction of sp³-hybridized carbons (Fsp3) is 0.545. The minimum Gasteiger partial charge on any atom is -0.491 e. The largest absolute Gasteiger partial charge is 0.491 e. The van der Waals surface area contributed by atoms with E-state index in [1.807, 2.05) is 36.0 Å². The van der Waals surface area contributed by atoms with Gasteiger partial charge in [-0.2, -0.15) is 5.10 Å². The molecule has 2 rings (SSSR count). The van der Waals surface area contributed by atoms with Crippen LogP contribution in [0.15, 0.2) is 35.5 Å². The van der Waals surface area contributed by atoms with Crippen LogP contribution in [0, 0.1) is 0 Å². The number of hydrogen-bond acceptors (Lipinski definition) is 4. The van der Waals surface area contributed by atoms with Crippen LogP contribution in [0.5, 0.6) is 5.75 Å². The van der Waals surface area contributed by atoms with Crippen LogP contribution in [0.4, 0.5) is 0 Å². The highest BCUT2D eigenvalue weighted by Gasteiger charge is 2.15. The number of nitrogens with one attached hydrogen (secondary N) is 1. The topological polar surface area (TPSA) is 63.9 Å². The van der Waals surface area contributed by atoms with Crippen LogP contribution in [0.2, 0.25) is 0 Å². The highest BCUT2D eigenvalue weighted by atomic mass is 16.5. The zero-order valence-electron chi connectivity index (χ0n) is 18.6. The summed E-state index contributed by atoms with van der Waals surface area (Å²) in [5.74, 6) is 2.12. The molecule has 1 N–H and O–H groups in total. The molecule has 0 radical (unpaired) electrons. The summed E-state index contributed by atoms with van der Waals surface area (Å²) in [5.41, 5.74) is 3.50. The Morgan fingerprint density at radius 3 is 2.59 bits per heavy atom. The molecule has 0 bridgehead atoms. The molecule has 0 fully saturated rings. The summed E-state index contributed by atoms with van der Waals surface area (Å²) in [6, 6.07) is 8.05. The number of guanidine groups is 1. The third-order valence-corrected chi connectivity index (χ3v) is 4.48. The van der Waals surface area contributed by atoms with E-state index < -0.39 is 0 Å². The smallest absolute Gasteiger partial charge is 0.194 e. The van der Waals surface area contributed by atoms with Gasteiger partial charge in [-0.3, -0.25) is 4.68 Å². The summed E-state index contributed by atoms with van der Waals surface area (Å²) in [6.07, 6.45) is 2.09. The number of rotatable bonds is 10. The molecule has 0 atom stereocenters. The molecule has 0 saturated carbocycles. The van der Waals surface area contributed by atoms with E-state index >= 15 is 0 Å². The van der Waals surface area contributed by atoms with Crippen molar-refractivity contribution in [3.63, 3.8) is 0 Å². The molecule has 29 heavy (non-hydrogen) atoms. The average Bonchev–Trinajstić information content (AvgIpc) is 3.06.